The zero-order valence-corrected chi connectivity index (χ0v) is 10.9. The van der Waals surface area contributed by atoms with Crippen molar-refractivity contribution in [2.45, 2.75) is 0 Å². The van der Waals surface area contributed by atoms with Crippen molar-refractivity contribution in [3.63, 3.8) is 0 Å². The molecule has 4 N–H and O–H groups in total. The second-order valence-electron chi connectivity index (χ2n) is 4.06. The first kappa shape index (κ1) is 14.2. The van der Waals surface area contributed by atoms with E-state index in [-0.39, 0.29) is 11.3 Å². The van der Waals surface area contributed by atoms with Crippen LogP contribution in [-0.2, 0) is 9.59 Å². The molecule has 7 nitrogen and oxygen atoms in total. The molecule has 0 saturated heterocycles. The Morgan fingerprint density at radius 3 is 2.33 bits per heavy atom. The molecule has 0 atom stereocenters. The predicted molar refractivity (Wildman–Crippen MR) is 76.5 cm³/mol. The Morgan fingerprint density at radius 1 is 0.952 bits per heavy atom. The maximum absolute atomic E-state index is 11.8. The SMILES string of the molecule is NC(=O)c1ccccc1NC(=O)C(=O)Nc1cccnc1. The summed E-state index contributed by atoms with van der Waals surface area (Å²) in [5.41, 5.74) is 5.88. The van der Waals surface area contributed by atoms with Crippen LogP contribution >= 0.6 is 0 Å². The number of primary amides is 1. The van der Waals surface area contributed by atoms with E-state index in [1.165, 1.54) is 18.3 Å². The van der Waals surface area contributed by atoms with E-state index in [4.69, 9.17) is 5.73 Å². The lowest BCUT2D eigenvalue weighted by atomic mass is 10.1. The van der Waals surface area contributed by atoms with Crippen LogP contribution in [0.25, 0.3) is 0 Å². The number of nitrogens with one attached hydrogen (secondary N) is 2. The fraction of sp³-hybridized carbons (Fsp3) is 0. The molecule has 106 valence electrons. The number of nitrogens with two attached hydrogens (primary N) is 1. The van der Waals surface area contributed by atoms with Crippen LogP contribution in [0.4, 0.5) is 11.4 Å². The lowest BCUT2D eigenvalue weighted by Crippen LogP contribution is -2.30. The second-order valence-corrected chi connectivity index (χ2v) is 4.06. The normalized spacial score (nSPS) is 9.71. The largest absolute Gasteiger partial charge is 0.366 e. The smallest absolute Gasteiger partial charge is 0.314 e. The molecule has 21 heavy (non-hydrogen) atoms. The van der Waals surface area contributed by atoms with E-state index in [9.17, 15) is 14.4 Å². The van der Waals surface area contributed by atoms with Crippen LogP contribution in [0.15, 0.2) is 48.8 Å². The first-order chi connectivity index (χ1) is 10.1. The molecule has 0 spiro atoms. The van der Waals surface area contributed by atoms with Crippen LogP contribution in [0, 0.1) is 0 Å². The van der Waals surface area contributed by atoms with Crippen LogP contribution in [0.3, 0.4) is 0 Å². The minimum Gasteiger partial charge on any atom is -0.366 e. The van der Waals surface area contributed by atoms with Gasteiger partial charge in [0.15, 0.2) is 0 Å². The summed E-state index contributed by atoms with van der Waals surface area (Å²) < 4.78 is 0. The number of nitrogens with zero attached hydrogens (tertiary/aromatic N) is 1. The number of para-hydroxylation sites is 1. The number of amides is 3. The van der Waals surface area contributed by atoms with Crippen molar-refractivity contribution in [2.75, 3.05) is 10.6 Å². The van der Waals surface area contributed by atoms with Crippen LogP contribution in [0.5, 0.6) is 0 Å². The number of hydrogen-bond acceptors (Lipinski definition) is 4. The van der Waals surface area contributed by atoms with Crippen molar-refractivity contribution in [3.05, 3.63) is 54.4 Å². The van der Waals surface area contributed by atoms with Gasteiger partial charge in [0, 0.05) is 6.20 Å². The van der Waals surface area contributed by atoms with E-state index in [0.717, 1.165) is 0 Å². The Morgan fingerprint density at radius 2 is 1.67 bits per heavy atom. The summed E-state index contributed by atoms with van der Waals surface area (Å²) in [4.78, 5) is 38.6. The molecule has 2 aromatic rings. The lowest BCUT2D eigenvalue weighted by Gasteiger charge is -2.08. The molecule has 0 aliphatic heterocycles. The van der Waals surface area contributed by atoms with E-state index >= 15 is 0 Å². The third-order valence-corrected chi connectivity index (χ3v) is 2.57. The van der Waals surface area contributed by atoms with Gasteiger partial charge in [-0.2, -0.15) is 0 Å². The van der Waals surface area contributed by atoms with Gasteiger partial charge in [0.25, 0.3) is 5.91 Å². The number of rotatable bonds is 3. The fourth-order valence-corrected chi connectivity index (χ4v) is 1.61. The van der Waals surface area contributed by atoms with Crippen LogP contribution in [0.1, 0.15) is 10.4 Å². The highest BCUT2D eigenvalue weighted by Crippen LogP contribution is 2.14. The second kappa shape index (κ2) is 6.29. The molecule has 0 bridgehead atoms. The van der Waals surface area contributed by atoms with Crippen molar-refractivity contribution < 1.29 is 14.4 Å². The van der Waals surface area contributed by atoms with Gasteiger partial charge in [-0.25, -0.2) is 0 Å². The van der Waals surface area contributed by atoms with Crippen LogP contribution < -0.4 is 16.4 Å². The summed E-state index contributed by atoms with van der Waals surface area (Å²) in [7, 11) is 0. The zero-order chi connectivity index (χ0) is 15.2. The number of pyridine rings is 1. The standard InChI is InChI=1S/C14H12N4O3/c15-12(19)10-5-1-2-6-11(10)18-14(21)13(20)17-9-4-3-7-16-8-9/h1-8H,(H2,15,19)(H,17,20)(H,18,21). The van der Waals surface area contributed by atoms with Crippen molar-refractivity contribution in [1.29, 1.82) is 0 Å². The Balaban J connectivity index is 2.08. The molecule has 0 aliphatic rings. The van der Waals surface area contributed by atoms with Gasteiger partial charge >= 0.3 is 11.8 Å². The Hall–Kier alpha value is -3.22. The van der Waals surface area contributed by atoms with E-state index in [0.29, 0.717) is 5.69 Å². The number of anilines is 2. The highest BCUT2D eigenvalue weighted by atomic mass is 16.2. The Labute approximate surface area is 120 Å². The van der Waals surface area contributed by atoms with Gasteiger partial charge in [0.2, 0.25) is 0 Å². The van der Waals surface area contributed by atoms with Gasteiger partial charge in [-0.05, 0) is 24.3 Å². The monoisotopic (exact) mass is 284 g/mol. The van der Waals surface area contributed by atoms with Gasteiger partial charge in [-0.1, -0.05) is 12.1 Å². The zero-order valence-electron chi connectivity index (χ0n) is 10.9. The molecule has 0 aliphatic carbocycles. The molecular formula is C14H12N4O3. The van der Waals surface area contributed by atoms with Crippen LogP contribution in [-0.4, -0.2) is 22.7 Å². The summed E-state index contributed by atoms with van der Waals surface area (Å²) >= 11 is 0. The maximum Gasteiger partial charge on any atom is 0.314 e. The van der Waals surface area contributed by atoms with E-state index in [1.54, 1.807) is 30.5 Å². The first-order valence-electron chi connectivity index (χ1n) is 5.99. The number of carbonyl (C=O) groups excluding carboxylic acids is 3. The van der Waals surface area contributed by atoms with Gasteiger partial charge < -0.3 is 16.4 Å². The Kier molecular flexibility index (Phi) is 4.25. The van der Waals surface area contributed by atoms with Crippen molar-refractivity contribution in [3.8, 4) is 0 Å². The quantitative estimate of drug-likeness (QED) is 0.722. The molecule has 1 heterocycles. The third kappa shape index (κ3) is 3.63. The molecule has 3 amide bonds. The highest BCUT2D eigenvalue weighted by molar-refractivity contribution is 6.43. The van der Waals surface area contributed by atoms with Gasteiger partial charge in [0.05, 0.1) is 23.1 Å². The number of aromatic nitrogens is 1. The van der Waals surface area contributed by atoms with E-state index in [2.05, 4.69) is 15.6 Å². The van der Waals surface area contributed by atoms with Crippen molar-refractivity contribution in [2.24, 2.45) is 5.73 Å². The van der Waals surface area contributed by atoms with E-state index in [1.807, 2.05) is 0 Å². The molecule has 0 saturated carbocycles. The van der Waals surface area contributed by atoms with Gasteiger partial charge in [-0.15, -0.1) is 0 Å². The minimum absolute atomic E-state index is 0.125. The average molecular weight is 284 g/mol. The van der Waals surface area contributed by atoms with Crippen molar-refractivity contribution >= 4 is 29.1 Å². The van der Waals surface area contributed by atoms with Gasteiger partial charge in [0.1, 0.15) is 0 Å². The summed E-state index contributed by atoms with van der Waals surface area (Å²) in [6, 6.07) is 9.37. The number of benzene rings is 1. The average Bonchev–Trinajstić information content (AvgIpc) is 2.48. The highest BCUT2D eigenvalue weighted by Gasteiger charge is 2.16. The molecule has 0 radical (unpaired) electrons. The maximum atomic E-state index is 11.8. The molecule has 1 aromatic heterocycles. The third-order valence-electron chi connectivity index (χ3n) is 2.57. The number of carbonyl (C=O) groups is 3. The minimum atomic E-state index is -0.910. The summed E-state index contributed by atoms with van der Waals surface area (Å²) in [6.07, 6.45) is 2.95. The predicted octanol–water partition coefficient (Wildman–Crippen LogP) is 0.758. The first-order valence-corrected chi connectivity index (χ1v) is 5.99. The summed E-state index contributed by atoms with van der Waals surface area (Å²) in [6.45, 7) is 0. The van der Waals surface area contributed by atoms with Crippen LogP contribution in [0.2, 0.25) is 0 Å². The summed E-state index contributed by atoms with van der Waals surface area (Å²) in [5.74, 6) is -2.48. The molecular weight excluding hydrogens is 272 g/mol. The molecule has 2 rings (SSSR count). The lowest BCUT2D eigenvalue weighted by molar-refractivity contribution is -0.133. The van der Waals surface area contributed by atoms with E-state index < -0.39 is 17.7 Å². The molecule has 7 heteroatoms. The molecule has 0 fully saturated rings. The number of hydrogen-bond donors (Lipinski definition) is 3. The fourth-order valence-electron chi connectivity index (χ4n) is 1.61. The van der Waals surface area contributed by atoms with Crippen molar-refractivity contribution in [1.82, 2.24) is 4.98 Å². The molecule has 0 unspecified atom stereocenters. The summed E-state index contributed by atoms with van der Waals surface area (Å²) in [5, 5.41) is 4.72. The molecule has 1 aromatic carbocycles. The topological polar surface area (TPSA) is 114 Å². The Bertz CT molecular complexity index is 686. The van der Waals surface area contributed by atoms with Gasteiger partial charge in [-0.3, -0.25) is 19.4 Å².